The third-order valence-corrected chi connectivity index (χ3v) is 4.21. The van der Waals surface area contributed by atoms with Crippen LogP contribution in [-0.2, 0) is 0 Å². The molecule has 3 aromatic rings. The van der Waals surface area contributed by atoms with Gasteiger partial charge in [-0.1, -0.05) is 0 Å². The van der Waals surface area contributed by atoms with Crippen LogP contribution in [0, 0.1) is 5.82 Å². The summed E-state index contributed by atoms with van der Waals surface area (Å²) in [6.45, 7) is 2.69. The third-order valence-electron chi connectivity index (χ3n) is 4.21. The number of primary amides is 1. The predicted molar refractivity (Wildman–Crippen MR) is 84.3 cm³/mol. The molecule has 0 unspecified atom stereocenters. The minimum Gasteiger partial charge on any atom is -0.366 e. The summed E-state index contributed by atoms with van der Waals surface area (Å²) in [5.41, 5.74) is 6.87. The number of carbonyl (C=O) groups is 2. The number of piperazine rings is 1. The maximum absolute atomic E-state index is 13.7. The van der Waals surface area contributed by atoms with Gasteiger partial charge in [0.15, 0.2) is 0 Å². The molecule has 1 aromatic carbocycles. The highest BCUT2D eigenvalue weighted by Crippen LogP contribution is 2.24. The van der Waals surface area contributed by atoms with Gasteiger partial charge in [-0.05, 0) is 12.1 Å². The Labute approximate surface area is 135 Å². The zero-order valence-electron chi connectivity index (χ0n) is 12.7. The highest BCUT2D eigenvalue weighted by molar-refractivity contribution is 6.07. The lowest BCUT2D eigenvalue weighted by Crippen LogP contribution is -2.46. The molecule has 0 saturated carbocycles. The van der Waals surface area contributed by atoms with E-state index in [0.717, 1.165) is 19.2 Å². The number of rotatable bonds is 2. The minimum absolute atomic E-state index is 0.0144. The Kier molecular flexibility index (Phi) is 3.24. The smallest absolute Gasteiger partial charge is 0.259 e. The van der Waals surface area contributed by atoms with Crippen LogP contribution in [0.5, 0.6) is 0 Å². The maximum Gasteiger partial charge on any atom is 0.259 e. The molecule has 124 valence electrons. The van der Waals surface area contributed by atoms with Gasteiger partial charge in [0.25, 0.3) is 11.8 Å². The van der Waals surface area contributed by atoms with Crippen LogP contribution >= 0.6 is 0 Å². The topological polar surface area (TPSA) is 109 Å². The Hall–Kier alpha value is -2.94. The molecule has 0 bridgehead atoms. The summed E-state index contributed by atoms with van der Waals surface area (Å²) in [4.78, 5) is 29.0. The van der Waals surface area contributed by atoms with Crippen molar-refractivity contribution in [3.8, 4) is 0 Å². The number of nitrogens with two attached hydrogens (primary N) is 1. The number of nitrogens with zero attached hydrogens (tertiary/aromatic N) is 3. The monoisotopic (exact) mass is 330 g/mol. The van der Waals surface area contributed by atoms with E-state index >= 15 is 0 Å². The van der Waals surface area contributed by atoms with Crippen molar-refractivity contribution in [1.82, 2.24) is 24.8 Å². The lowest BCUT2D eigenvalue weighted by molar-refractivity contribution is 0.0737. The number of nitrogens with one attached hydrogen (secondary N) is 2. The molecule has 1 aliphatic heterocycles. The summed E-state index contributed by atoms with van der Waals surface area (Å²) in [6, 6.07) is 2.31. The number of hydrogen-bond acceptors (Lipinski definition) is 4. The quantitative estimate of drug-likeness (QED) is 0.619. The van der Waals surface area contributed by atoms with Crippen LogP contribution in [0.4, 0.5) is 4.39 Å². The van der Waals surface area contributed by atoms with Gasteiger partial charge in [-0.15, -0.1) is 0 Å². The van der Waals surface area contributed by atoms with E-state index in [0.29, 0.717) is 35.3 Å². The number of carbonyl (C=O) groups excluding carboxylic acids is 2. The summed E-state index contributed by atoms with van der Waals surface area (Å²) >= 11 is 0. The number of fused-ring (bicyclic) bond motifs is 3. The second-order valence-corrected chi connectivity index (χ2v) is 5.70. The number of aromatic nitrogens is 3. The molecule has 4 rings (SSSR count). The fourth-order valence-electron chi connectivity index (χ4n) is 3.07. The van der Waals surface area contributed by atoms with Crippen LogP contribution in [0.1, 0.15) is 20.7 Å². The van der Waals surface area contributed by atoms with E-state index in [2.05, 4.69) is 15.4 Å². The van der Waals surface area contributed by atoms with Crippen molar-refractivity contribution < 1.29 is 14.0 Å². The summed E-state index contributed by atoms with van der Waals surface area (Å²) in [5, 5.41) is 7.37. The van der Waals surface area contributed by atoms with Gasteiger partial charge in [-0.2, -0.15) is 5.10 Å². The Balaban J connectivity index is 1.89. The minimum atomic E-state index is -0.758. The molecule has 3 heterocycles. The van der Waals surface area contributed by atoms with Gasteiger partial charge >= 0.3 is 0 Å². The summed E-state index contributed by atoms with van der Waals surface area (Å²) in [7, 11) is 0. The molecule has 1 aliphatic rings. The molecule has 0 atom stereocenters. The van der Waals surface area contributed by atoms with Crippen LogP contribution in [0.15, 0.2) is 18.3 Å². The molecule has 0 aliphatic carbocycles. The SMILES string of the molecule is NC(=O)c1cc(F)cc2[nH]c3c(C(=O)N4CCNCC4)cnn3c12. The molecule has 2 aromatic heterocycles. The van der Waals surface area contributed by atoms with E-state index in [1.807, 2.05) is 0 Å². The zero-order chi connectivity index (χ0) is 16.8. The van der Waals surface area contributed by atoms with Crippen molar-refractivity contribution in [2.75, 3.05) is 26.2 Å². The lowest BCUT2D eigenvalue weighted by atomic mass is 10.1. The maximum atomic E-state index is 13.7. The first-order chi connectivity index (χ1) is 11.6. The second kappa shape index (κ2) is 5.31. The fourth-order valence-corrected chi connectivity index (χ4v) is 3.07. The van der Waals surface area contributed by atoms with Crippen LogP contribution < -0.4 is 11.1 Å². The Morgan fingerprint density at radius 3 is 2.67 bits per heavy atom. The Morgan fingerprint density at radius 2 is 1.96 bits per heavy atom. The van der Waals surface area contributed by atoms with Crippen LogP contribution in [0.25, 0.3) is 16.7 Å². The number of imidazole rings is 1. The molecule has 4 N–H and O–H groups in total. The largest absolute Gasteiger partial charge is 0.366 e. The van der Waals surface area contributed by atoms with Gasteiger partial charge < -0.3 is 20.9 Å². The van der Waals surface area contributed by atoms with Crippen molar-refractivity contribution in [1.29, 1.82) is 0 Å². The van der Waals surface area contributed by atoms with E-state index in [-0.39, 0.29) is 11.5 Å². The standard InChI is InChI=1S/C15H15FN6O2/c16-8-5-9(13(17)23)12-11(6-8)20-14-10(7-19-22(12)14)15(24)21-3-1-18-2-4-21/h5-7,18,20H,1-4H2,(H2,17,23). The Bertz CT molecular complexity index is 969. The summed E-state index contributed by atoms with van der Waals surface area (Å²) in [6.07, 6.45) is 1.45. The average molecular weight is 330 g/mol. The highest BCUT2D eigenvalue weighted by atomic mass is 19.1. The molecule has 24 heavy (non-hydrogen) atoms. The van der Waals surface area contributed by atoms with Crippen molar-refractivity contribution in [3.05, 3.63) is 35.3 Å². The van der Waals surface area contributed by atoms with Crippen molar-refractivity contribution >= 4 is 28.5 Å². The first kappa shape index (κ1) is 14.6. The normalized spacial score (nSPS) is 15.3. The summed E-state index contributed by atoms with van der Waals surface area (Å²) < 4.78 is 15.1. The summed E-state index contributed by atoms with van der Waals surface area (Å²) in [5.74, 6) is -1.50. The third kappa shape index (κ3) is 2.13. The van der Waals surface area contributed by atoms with E-state index in [9.17, 15) is 14.0 Å². The van der Waals surface area contributed by atoms with Gasteiger partial charge in [-0.25, -0.2) is 8.91 Å². The average Bonchev–Trinajstić information content (AvgIpc) is 3.12. The number of halogens is 1. The van der Waals surface area contributed by atoms with Gasteiger partial charge in [-0.3, -0.25) is 9.59 Å². The molecule has 1 saturated heterocycles. The lowest BCUT2D eigenvalue weighted by Gasteiger charge is -2.26. The van der Waals surface area contributed by atoms with E-state index in [4.69, 9.17) is 5.73 Å². The zero-order valence-corrected chi connectivity index (χ0v) is 12.7. The van der Waals surface area contributed by atoms with Gasteiger partial charge in [0.1, 0.15) is 22.5 Å². The predicted octanol–water partition coefficient (Wildman–Crippen LogP) is 0.0990. The fraction of sp³-hybridized carbons (Fsp3) is 0.267. The number of hydrogen-bond donors (Lipinski definition) is 3. The highest BCUT2D eigenvalue weighted by Gasteiger charge is 2.24. The molecular weight excluding hydrogens is 315 g/mol. The number of amides is 2. The molecular formula is C15H15FN6O2. The molecule has 0 spiro atoms. The molecule has 1 fully saturated rings. The van der Waals surface area contributed by atoms with Crippen molar-refractivity contribution in [2.24, 2.45) is 5.73 Å². The second-order valence-electron chi connectivity index (χ2n) is 5.70. The van der Waals surface area contributed by atoms with E-state index in [1.54, 1.807) is 4.90 Å². The molecule has 2 amide bonds. The van der Waals surface area contributed by atoms with Gasteiger partial charge in [0.2, 0.25) is 0 Å². The van der Waals surface area contributed by atoms with Gasteiger partial charge in [0, 0.05) is 26.2 Å². The molecule has 0 radical (unpaired) electrons. The Morgan fingerprint density at radius 1 is 1.21 bits per heavy atom. The number of H-pyrrole nitrogens is 1. The number of benzene rings is 1. The van der Waals surface area contributed by atoms with E-state index < -0.39 is 11.7 Å². The first-order valence-corrected chi connectivity index (χ1v) is 7.55. The van der Waals surface area contributed by atoms with Gasteiger partial charge in [0.05, 0.1) is 17.3 Å². The van der Waals surface area contributed by atoms with Crippen LogP contribution in [0.3, 0.4) is 0 Å². The first-order valence-electron chi connectivity index (χ1n) is 7.55. The van der Waals surface area contributed by atoms with Crippen LogP contribution in [0.2, 0.25) is 0 Å². The molecule has 9 heteroatoms. The molecule has 8 nitrogen and oxygen atoms in total. The number of aromatic amines is 1. The van der Waals surface area contributed by atoms with Crippen molar-refractivity contribution in [2.45, 2.75) is 0 Å². The van der Waals surface area contributed by atoms with E-state index in [1.165, 1.54) is 16.8 Å². The van der Waals surface area contributed by atoms with Crippen molar-refractivity contribution in [3.63, 3.8) is 0 Å². The van der Waals surface area contributed by atoms with Crippen LogP contribution in [-0.4, -0.2) is 57.5 Å².